The molecule has 0 bridgehead atoms. The van der Waals surface area contributed by atoms with Gasteiger partial charge in [-0.2, -0.15) is 0 Å². The third-order valence-corrected chi connectivity index (χ3v) is 4.94. The van der Waals surface area contributed by atoms with E-state index < -0.39 is 14.8 Å². The molecule has 20 heavy (non-hydrogen) atoms. The van der Waals surface area contributed by atoms with Crippen LogP contribution in [0.15, 0.2) is 18.2 Å². The van der Waals surface area contributed by atoms with Gasteiger partial charge in [0.25, 0.3) is 5.69 Å². The van der Waals surface area contributed by atoms with Crippen molar-refractivity contribution < 1.29 is 13.3 Å². The van der Waals surface area contributed by atoms with Crippen molar-refractivity contribution in [3.63, 3.8) is 0 Å². The SMILES string of the molecule is CCS(=O)(=O)CCNC(C)c1ccc(C)c([N+](=O)[O-])c1. The van der Waals surface area contributed by atoms with E-state index in [1.807, 2.05) is 13.0 Å². The Balaban J connectivity index is 2.71. The summed E-state index contributed by atoms with van der Waals surface area (Å²) >= 11 is 0. The first-order valence-electron chi connectivity index (χ1n) is 6.45. The van der Waals surface area contributed by atoms with Gasteiger partial charge in [0.2, 0.25) is 0 Å². The van der Waals surface area contributed by atoms with E-state index in [-0.39, 0.29) is 23.2 Å². The van der Waals surface area contributed by atoms with Crippen LogP contribution < -0.4 is 5.32 Å². The van der Waals surface area contributed by atoms with Gasteiger partial charge < -0.3 is 5.32 Å². The van der Waals surface area contributed by atoms with Crippen LogP contribution in [0.5, 0.6) is 0 Å². The Hall–Kier alpha value is -1.47. The Labute approximate surface area is 119 Å². The molecule has 1 unspecified atom stereocenters. The van der Waals surface area contributed by atoms with Crippen LogP contribution in [0.4, 0.5) is 5.69 Å². The molecule has 0 heterocycles. The Bertz CT molecular complexity index is 584. The lowest BCUT2D eigenvalue weighted by Gasteiger charge is -2.14. The van der Waals surface area contributed by atoms with E-state index in [1.165, 1.54) is 6.07 Å². The first kappa shape index (κ1) is 16.6. The minimum Gasteiger partial charge on any atom is -0.309 e. The van der Waals surface area contributed by atoms with Crippen molar-refractivity contribution in [2.24, 2.45) is 0 Å². The van der Waals surface area contributed by atoms with Crippen molar-refractivity contribution in [3.05, 3.63) is 39.4 Å². The lowest BCUT2D eigenvalue weighted by Crippen LogP contribution is -2.26. The number of aryl methyl sites for hydroxylation is 1. The molecule has 0 fully saturated rings. The summed E-state index contributed by atoms with van der Waals surface area (Å²) in [5.41, 5.74) is 1.47. The Morgan fingerprint density at radius 3 is 2.60 bits per heavy atom. The molecular weight excluding hydrogens is 280 g/mol. The number of nitro benzene ring substituents is 1. The molecule has 0 saturated heterocycles. The van der Waals surface area contributed by atoms with E-state index in [4.69, 9.17) is 0 Å². The van der Waals surface area contributed by atoms with E-state index in [2.05, 4.69) is 5.32 Å². The number of nitrogens with zero attached hydrogens (tertiary/aromatic N) is 1. The second kappa shape index (κ2) is 6.81. The predicted molar refractivity (Wildman–Crippen MR) is 78.6 cm³/mol. The summed E-state index contributed by atoms with van der Waals surface area (Å²) in [4.78, 5) is 10.5. The average Bonchev–Trinajstić information content (AvgIpc) is 2.38. The van der Waals surface area contributed by atoms with Gasteiger partial charge in [0.15, 0.2) is 9.84 Å². The topological polar surface area (TPSA) is 89.3 Å². The highest BCUT2D eigenvalue weighted by molar-refractivity contribution is 7.91. The first-order valence-corrected chi connectivity index (χ1v) is 8.27. The smallest absolute Gasteiger partial charge is 0.272 e. The highest BCUT2D eigenvalue weighted by atomic mass is 32.2. The molecule has 1 rings (SSSR count). The molecule has 1 N–H and O–H groups in total. The number of hydrogen-bond acceptors (Lipinski definition) is 5. The zero-order chi connectivity index (χ0) is 15.3. The Kier molecular flexibility index (Phi) is 5.64. The molecule has 0 aliphatic carbocycles. The molecule has 0 aliphatic rings. The summed E-state index contributed by atoms with van der Waals surface area (Å²) in [6.07, 6.45) is 0. The van der Waals surface area contributed by atoms with Gasteiger partial charge in [-0.15, -0.1) is 0 Å². The molecule has 0 amide bonds. The fourth-order valence-corrected chi connectivity index (χ4v) is 2.50. The van der Waals surface area contributed by atoms with Crippen LogP contribution in [0, 0.1) is 17.0 Å². The summed E-state index contributed by atoms with van der Waals surface area (Å²) in [6, 6.07) is 4.91. The standard InChI is InChI=1S/C13H20N2O4S/c1-4-20(18,19)8-7-14-11(3)12-6-5-10(2)13(9-12)15(16)17/h5-6,9,11,14H,4,7-8H2,1-3H3. The van der Waals surface area contributed by atoms with Gasteiger partial charge in [-0.25, -0.2) is 8.42 Å². The fourth-order valence-electron chi connectivity index (χ4n) is 1.79. The highest BCUT2D eigenvalue weighted by Gasteiger charge is 2.15. The number of nitrogens with one attached hydrogen (secondary N) is 1. The van der Waals surface area contributed by atoms with Crippen molar-refractivity contribution in [2.45, 2.75) is 26.8 Å². The first-order chi connectivity index (χ1) is 9.26. The monoisotopic (exact) mass is 300 g/mol. The molecule has 7 heteroatoms. The fraction of sp³-hybridized carbons (Fsp3) is 0.538. The zero-order valence-corrected chi connectivity index (χ0v) is 12.7. The van der Waals surface area contributed by atoms with Gasteiger partial charge in [-0.05, 0) is 19.4 Å². The van der Waals surface area contributed by atoms with E-state index in [1.54, 1.807) is 19.9 Å². The summed E-state index contributed by atoms with van der Waals surface area (Å²) in [5, 5.41) is 14.0. The van der Waals surface area contributed by atoms with E-state index in [9.17, 15) is 18.5 Å². The van der Waals surface area contributed by atoms with Crippen LogP contribution in [0.1, 0.15) is 31.0 Å². The van der Waals surface area contributed by atoms with Crippen molar-refractivity contribution in [1.82, 2.24) is 5.32 Å². The van der Waals surface area contributed by atoms with Gasteiger partial charge in [-0.1, -0.05) is 19.1 Å². The molecule has 1 aromatic rings. The van der Waals surface area contributed by atoms with E-state index in [0.29, 0.717) is 12.1 Å². The van der Waals surface area contributed by atoms with E-state index in [0.717, 1.165) is 5.56 Å². The maximum Gasteiger partial charge on any atom is 0.272 e. The number of nitro groups is 1. The molecular formula is C13H20N2O4S. The highest BCUT2D eigenvalue weighted by Crippen LogP contribution is 2.23. The van der Waals surface area contributed by atoms with Crippen LogP contribution >= 0.6 is 0 Å². The minimum atomic E-state index is -3.00. The maximum atomic E-state index is 11.4. The minimum absolute atomic E-state index is 0.0712. The van der Waals surface area contributed by atoms with Crippen molar-refractivity contribution in [3.8, 4) is 0 Å². The van der Waals surface area contributed by atoms with Crippen LogP contribution in [0.2, 0.25) is 0 Å². The summed E-state index contributed by atoms with van der Waals surface area (Å²) in [6.45, 7) is 5.49. The lowest BCUT2D eigenvalue weighted by atomic mass is 10.0. The Morgan fingerprint density at radius 1 is 1.40 bits per heavy atom. The number of hydrogen-bond donors (Lipinski definition) is 1. The van der Waals surface area contributed by atoms with Gasteiger partial charge >= 0.3 is 0 Å². The van der Waals surface area contributed by atoms with Crippen LogP contribution in [0.25, 0.3) is 0 Å². The van der Waals surface area contributed by atoms with Crippen LogP contribution in [-0.2, 0) is 9.84 Å². The molecule has 0 aliphatic heterocycles. The second-order valence-electron chi connectivity index (χ2n) is 4.72. The van der Waals surface area contributed by atoms with Crippen LogP contribution in [0.3, 0.4) is 0 Å². The predicted octanol–water partition coefficient (Wildman–Crippen LogP) is 1.99. The third-order valence-electron chi connectivity index (χ3n) is 3.23. The average molecular weight is 300 g/mol. The summed E-state index contributed by atoms with van der Waals surface area (Å²) < 4.78 is 22.8. The van der Waals surface area contributed by atoms with Crippen molar-refractivity contribution in [1.29, 1.82) is 0 Å². The summed E-state index contributed by atoms with van der Waals surface area (Å²) in [7, 11) is -3.00. The van der Waals surface area contributed by atoms with Gasteiger partial charge in [0.1, 0.15) is 0 Å². The zero-order valence-electron chi connectivity index (χ0n) is 11.9. The third kappa shape index (κ3) is 4.57. The summed E-state index contributed by atoms with van der Waals surface area (Å²) in [5.74, 6) is 0.195. The molecule has 1 aromatic carbocycles. The van der Waals surface area contributed by atoms with Gasteiger partial charge in [0, 0.05) is 30.0 Å². The largest absolute Gasteiger partial charge is 0.309 e. The quantitative estimate of drug-likeness (QED) is 0.614. The number of benzene rings is 1. The molecule has 112 valence electrons. The van der Waals surface area contributed by atoms with Crippen molar-refractivity contribution in [2.75, 3.05) is 18.1 Å². The molecule has 6 nitrogen and oxygen atoms in total. The van der Waals surface area contributed by atoms with Gasteiger partial charge in [-0.3, -0.25) is 10.1 Å². The Morgan fingerprint density at radius 2 is 2.05 bits per heavy atom. The lowest BCUT2D eigenvalue weighted by molar-refractivity contribution is -0.385. The second-order valence-corrected chi connectivity index (χ2v) is 7.19. The number of rotatable bonds is 7. The molecule has 0 spiro atoms. The van der Waals surface area contributed by atoms with Gasteiger partial charge in [0.05, 0.1) is 10.7 Å². The van der Waals surface area contributed by atoms with E-state index >= 15 is 0 Å². The van der Waals surface area contributed by atoms with Crippen molar-refractivity contribution >= 4 is 15.5 Å². The molecule has 0 aromatic heterocycles. The van der Waals surface area contributed by atoms with Crippen LogP contribution in [-0.4, -0.2) is 31.4 Å². The molecule has 1 atom stereocenters. The molecule has 0 saturated carbocycles. The normalized spacial score (nSPS) is 13.2. The maximum absolute atomic E-state index is 11.4. The molecule has 0 radical (unpaired) electrons. The number of sulfone groups is 1.